The summed E-state index contributed by atoms with van der Waals surface area (Å²) in [6, 6.07) is 13.5. The maximum atomic E-state index is 12.6. The summed E-state index contributed by atoms with van der Waals surface area (Å²) in [6.45, 7) is 0.944. The van der Waals surface area contributed by atoms with Gasteiger partial charge in [-0.25, -0.2) is 4.79 Å². The molecule has 0 spiro atoms. The van der Waals surface area contributed by atoms with Crippen LogP contribution in [-0.4, -0.2) is 28.6 Å². The zero-order chi connectivity index (χ0) is 20.3. The number of ketones is 1. The third kappa shape index (κ3) is 4.32. The minimum atomic E-state index is -1.11. The number of aliphatic carboxylic acids is 1. The number of benzene rings is 2. The van der Waals surface area contributed by atoms with Crippen LogP contribution in [0.5, 0.6) is 5.75 Å². The maximum absolute atomic E-state index is 12.6. The molecule has 2 aromatic rings. The molecular formula is C20H17ClN2O4S. The molecule has 0 fully saturated rings. The fourth-order valence-electron chi connectivity index (χ4n) is 3.03. The Morgan fingerprint density at radius 3 is 2.57 bits per heavy atom. The van der Waals surface area contributed by atoms with Crippen LogP contribution in [0.3, 0.4) is 0 Å². The average Bonchev–Trinajstić information content (AvgIpc) is 2.66. The number of carboxylic acid groups (broad SMARTS) is 1. The van der Waals surface area contributed by atoms with Gasteiger partial charge in [0.15, 0.2) is 17.5 Å². The normalized spacial score (nSPS) is 16.2. The predicted octanol–water partition coefficient (Wildman–Crippen LogP) is 3.32. The lowest BCUT2D eigenvalue weighted by Crippen LogP contribution is -2.44. The van der Waals surface area contributed by atoms with Gasteiger partial charge in [0.2, 0.25) is 0 Å². The van der Waals surface area contributed by atoms with Crippen molar-refractivity contribution < 1.29 is 19.4 Å². The molecule has 2 aromatic carbocycles. The van der Waals surface area contributed by atoms with E-state index < -0.39 is 18.6 Å². The second kappa shape index (κ2) is 8.41. The van der Waals surface area contributed by atoms with E-state index in [0.29, 0.717) is 32.7 Å². The van der Waals surface area contributed by atoms with Gasteiger partial charge in [0, 0.05) is 16.2 Å². The number of carboxylic acids is 1. The first kappa shape index (κ1) is 19.9. The predicted molar refractivity (Wildman–Crippen MR) is 110 cm³/mol. The molecule has 6 nitrogen and oxygen atoms in total. The Hall–Kier alpha value is -2.90. The average molecular weight is 417 g/mol. The molecular weight excluding hydrogens is 400 g/mol. The lowest BCUT2D eigenvalue weighted by Gasteiger charge is -2.32. The highest BCUT2D eigenvalue weighted by Crippen LogP contribution is 2.37. The van der Waals surface area contributed by atoms with Gasteiger partial charge in [-0.3, -0.25) is 4.79 Å². The highest BCUT2D eigenvalue weighted by molar-refractivity contribution is 7.80. The minimum absolute atomic E-state index is 0.171. The van der Waals surface area contributed by atoms with Crippen LogP contribution >= 0.6 is 23.8 Å². The molecule has 1 heterocycles. The van der Waals surface area contributed by atoms with Crippen molar-refractivity contribution in [2.45, 2.75) is 13.0 Å². The van der Waals surface area contributed by atoms with Crippen LogP contribution < -0.4 is 15.4 Å². The molecule has 0 aromatic heterocycles. The van der Waals surface area contributed by atoms with Crippen LogP contribution in [0.4, 0.5) is 0 Å². The Labute approximate surface area is 172 Å². The van der Waals surface area contributed by atoms with Crippen LogP contribution in [0.1, 0.15) is 24.1 Å². The lowest BCUT2D eigenvalue weighted by molar-refractivity contribution is -0.139. The van der Waals surface area contributed by atoms with Crippen molar-refractivity contribution in [1.82, 2.24) is 10.6 Å². The summed E-state index contributed by atoms with van der Waals surface area (Å²) >= 11 is 11.5. The fourth-order valence-corrected chi connectivity index (χ4v) is 3.43. The van der Waals surface area contributed by atoms with E-state index in [-0.39, 0.29) is 5.78 Å². The van der Waals surface area contributed by atoms with Gasteiger partial charge in [0.25, 0.3) is 0 Å². The largest absolute Gasteiger partial charge is 0.482 e. The third-order valence-electron chi connectivity index (χ3n) is 4.15. The zero-order valence-electron chi connectivity index (χ0n) is 14.9. The van der Waals surface area contributed by atoms with Gasteiger partial charge >= 0.3 is 5.97 Å². The molecule has 0 radical (unpaired) electrons. The summed E-state index contributed by atoms with van der Waals surface area (Å²) in [5, 5.41) is 15.8. The van der Waals surface area contributed by atoms with Gasteiger partial charge < -0.3 is 20.5 Å². The number of thiocarbonyl (C=S) groups is 1. The molecule has 1 atom stereocenters. The van der Waals surface area contributed by atoms with E-state index in [2.05, 4.69) is 10.6 Å². The molecule has 0 aliphatic carbocycles. The smallest absolute Gasteiger partial charge is 0.341 e. The van der Waals surface area contributed by atoms with E-state index in [9.17, 15) is 9.59 Å². The summed E-state index contributed by atoms with van der Waals surface area (Å²) in [4.78, 5) is 23.5. The van der Waals surface area contributed by atoms with Crippen LogP contribution in [0.15, 0.2) is 54.1 Å². The number of nitrogens with one attached hydrogen (secondary N) is 2. The standard InChI is InChI=1S/C20H17ClN2O4S/c1-11(24)17-18(12-5-3-2-4-6-12)22-20(28)23-19(17)14-9-13(21)7-8-15(14)27-10-16(25)26/h2-9,19H,10H2,1H3,(H,25,26)(H2,22,23,28)/t19-/m1/s1. The lowest BCUT2D eigenvalue weighted by atomic mass is 9.90. The molecule has 0 saturated heterocycles. The molecule has 3 N–H and O–H groups in total. The molecule has 8 heteroatoms. The number of carbonyl (C=O) groups excluding carboxylic acids is 1. The van der Waals surface area contributed by atoms with Crippen molar-refractivity contribution in [3.8, 4) is 5.75 Å². The first-order valence-corrected chi connectivity index (χ1v) is 9.17. The number of ether oxygens (including phenoxy) is 1. The molecule has 0 saturated carbocycles. The Morgan fingerprint density at radius 1 is 1.21 bits per heavy atom. The number of carbonyl (C=O) groups is 2. The Balaban J connectivity index is 2.17. The summed E-state index contributed by atoms with van der Waals surface area (Å²) in [7, 11) is 0. The van der Waals surface area contributed by atoms with Crippen molar-refractivity contribution >= 4 is 46.4 Å². The van der Waals surface area contributed by atoms with Gasteiger partial charge in [-0.15, -0.1) is 0 Å². The fraction of sp³-hybridized carbons (Fsp3) is 0.150. The quantitative estimate of drug-likeness (QED) is 0.622. The summed E-state index contributed by atoms with van der Waals surface area (Å²) < 4.78 is 5.42. The number of Topliss-reactive ketones (excluding diaryl/α,β-unsaturated/α-hetero) is 1. The van der Waals surface area contributed by atoms with E-state index in [1.807, 2.05) is 30.3 Å². The van der Waals surface area contributed by atoms with Gasteiger partial charge in [-0.1, -0.05) is 41.9 Å². The van der Waals surface area contributed by atoms with E-state index in [0.717, 1.165) is 5.56 Å². The van der Waals surface area contributed by atoms with Gasteiger partial charge in [-0.2, -0.15) is 0 Å². The zero-order valence-corrected chi connectivity index (χ0v) is 16.4. The van der Waals surface area contributed by atoms with Crippen molar-refractivity contribution in [2.24, 2.45) is 0 Å². The van der Waals surface area contributed by atoms with Crippen LogP contribution in [-0.2, 0) is 9.59 Å². The summed E-state index contributed by atoms with van der Waals surface area (Å²) in [5.74, 6) is -0.974. The van der Waals surface area contributed by atoms with Crippen molar-refractivity contribution in [1.29, 1.82) is 0 Å². The molecule has 0 amide bonds. The second-order valence-electron chi connectivity index (χ2n) is 6.11. The highest BCUT2D eigenvalue weighted by atomic mass is 35.5. The first-order chi connectivity index (χ1) is 13.4. The maximum Gasteiger partial charge on any atom is 0.341 e. The van der Waals surface area contributed by atoms with Crippen molar-refractivity contribution in [2.75, 3.05) is 6.61 Å². The molecule has 1 aliphatic heterocycles. The van der Waals surface area contributed by atoms with Gasteiger partial charge in [-0.05, 0) is 42.9 Å². The molecule has 3 rings (SSSR count). The molecule has 0 bridgehead atoms. The number of hydrogen-bond donors (Lipinski definition) is 3. The molecule has 144 valence electrons. The van der Waals surface area contributed by atoms with Crippen LogP contribution in [0.2, 0.25) is 5.02 Å². The Bertz CT molecular complexity index is 975. The van der Waals surface area contributed by atoms with Crippen molar-refractivity contribution in [3.05, 3.63) is 70.3 Å². The monoisotopic (exact) mass is 416 g/mol. The van der Waals surface area contributed by atoms with Gasteiger partial charge in [0.05, 0.1) is 11.7 Å². The van der Waals surface area contributed by atoms with E-state index >= 15 is 0 Å². The number of rotatable bonds is 6. The SMILES string of the molecule is CC(=O)C1=C(c2ccccc2)NC(=S)N[C@@H]1c1cc(Cl)ccc1OCC(=O)O. The second-order valence-corrected chi connectivity index (χ2v) is 6.95. The Kier molecular flexibility index (Phi) is 5.96. The Morgan fingerprint density at radius 2 is 1.93 bits per heavy atom. The highest BCUT2D eigenvalue weighted by Gasteiger charge is 2.32. The summed E-state index contributed by atoms with van der Waals surface area (Å²) in [5.41, 5.74) is 2.36. The third-order valence-corrected chi connectivity index (χ3v) is 4.60. The van der Waals surface area contributed by atoms with Crippen molar-refractivity contribution in [3.63, 3.8) is 0 Å². The molecule has 0 unspecified atom stereocenters. The van der Waals surface area contributed by atoms with E-state index in [1.54, 1.807) is 18.2 Å². The van der Waals surface area contributed by atoms with Crippen LogP contribution in [0.25, 0.3) is 5.70 Å². The van der Waals surface area contributed by atoms with Gasteiger partial charge in [0.1, 0.15) is 5.75 Å². The minimum Gasteiger partial charge on any atom is -0.482 e. The first-order valence-electron chi connectivity index (χ1n) is 8.39. The summed E-state index contributed by atoms with van der Waals surface area (Å²) in [6.07, 6.45) is 0. The van der Waals surface area contributed by atoms with Crippen LogP contribution in [0, 0.1) is 0 Å². The topological polar surface area (TPSA) is 87.7 Å². The molecule has 28 heavy (non-hydrogen) atoms. The number of hydrogen-bond acceptors (Lipinski definition) is 4. The van der Waals surface area contributed by atoms with E-state index in [4.69, 9.17) is 33.7 Å². The van der Waals surface area contributed by atoms with E-state index in [1.165, 1.54) is 6.92 Å². The molecule has 1 aliphatic rings. The number of halogens is 1.